The zero-order valence-corrected chi connectivity index (χ0v) is 15.6. The van der Waals surface area contributed by atoms with Crippen LogP contribution in [0.2, 0.25) is 0 Å². The Morgan fingerprint density at radius 2 is 1.33 bits per heavy atom. The Balaban J connectivity index is 2.09. The number of ether oxygens (including phenoxy) is 2. The molecule has 142 valence electrons. The van der Waals surface area contributed by atoms with Crippen LogP contribution in [0.4, 0.5) is 0 Å². The molecule has 1 fully saturated rings. The highest BCUT2D eigenvalue weighted by Gasteiger charge is 2.49. The summed E-state index contributed by atoms with van der Waals surface area (Å²) in [5, 5.41) is 0. The molecule has 2 aromatic rings. The second-order valence-electron chi connectivity index (χ2n) is 6.56. The second-order valence-corrected chi connectivity index (χ2v) is 6.56. The smallest absolute Gasteiger partial charge is 0.310 e. The number of likely N-dealkylation sites (tertiary alicyclic amines) is 1. The van der Waals surface area contributed by atoms with E-state index in [1.54, 1.807) is 12.4 Å². The molecule has 7 heteroatoms. The fourth-order valence-electron chi connectivity index (χ4n) is 3.96. The molecule has 1 saturated heterocycles. The first-order valence-corrected chi connectivity index (χ1v) is 8.78. The van der Waals surface area contributed by atoms with Crippen LogP contribution in [0.5, 0.6) is 0 Å². The van der Waals surface area contributed by atoms with Gasteiger partial charge in [0.25, 0.3) is 0 Å². The summed E-state index contributed by atoms with van der Waals surface area (Å²) < 4.78 is 10.1. The van der Waals surface area contributed by atoms with Crippen LogP contribution >= 0.6 is 0 Å². The molecule has 0 aliphatic carbocycles. The number of hydrogen-bond donors (Lipinski definition) is 0. The first-order chi connectivity index (χ1) is 13.1. The van der Waals surface area contributed by atoms with Gasteiger partial charge in [0.15, 0.2) is 0 Å². The monoisotopic (exact) mass is 369 g/mol. The van der Waals surface area contributed by atoms with Crippen molar-refractivity contribution in [2.45, 2.75) is 18.5 Å². The Hall–Kier alpha value is -2.80. The fraction of sp³-hybridized carbons (Fsp3) is 0.400. The molecule has 0 bridgehead atoms. The van der Waals surface area contributed by atoms with Crippen molar-refractivity contribution >= 4 is 11.9 Å². The number of hydrogen-bond acceptors (Lipinski definition) is 7. The van der Waals surface area contributed by atoms with E-state index in [-0.39, 0.29) is 24.0 Å². The van der Waals surface area contributed by atoms with E-state index < -0.39 is 11.8 Å². The molecule has 3 heterocycles. The quantitative estimate of drug-likeness (QED) is 0.764. The van der Waals surface area contributed by atoms with Gasteiger partial charge in [-0.1, -0.05) is 12.1 Å². The highest BCUT2D eigenvalue weighted by atomic mass is 16.5. The van der Waals surface area contributed by atoms with Gasteiger partial charge in [0.1, 0.15) is 0 Å². The molecule has 0 spiro atoms. The molecule has 27 heavy (non-hydrogen) atoms. The predicted molar refractivity (Wildman–Crippen MR) is 97.3 cm³/mol. The molecule has 2 aromatic heterocycles. The average Bonchev–Trinajstić information content (AvgIpc) is 2.73. The van der Waals surface area contributed by atoms with E-state index in [0.29, 0.717) is 6.42 Å². The van der Waals surface area contributed by atoms with E-state index in [4.69, 9.17) is 9.47 Å². The van der Waals surface area contributed by atoms with Gasteiger partial charge in [-0.05, 0) is 37.7 Å². The normalized spacial score (nSPS) is 25.6. The van der Waals surface area contributed by atoms with Gasteiger partial charge in [-0.15, -0.1) is 0 Å². The summed E-state index contributed by atoms with van der Waals surface area (Å²) in [4.78, 5) is 36.0. The molecule has 0 saturated carbocycles. The maximum absolute atomic E-state index is 12.6. The van der Waals surface area contributed by atoms with Crippen molar-refractivity contribution in [1.29, 1.82) is 0 Å². The van der Waals surface area contributed by atoms with Crippen molar-refractivity contribution in [3.05, 3.63) is 60.2 Å². The average molecular weight is 369 g/mol. The largest absolute Gasteiger partial charge is 0.469 e. The minimum atomic E-state index is -0.543. The lowest BCUT2D eigenvalue weighted by Gasteiger charge is -2.46. The van der Waals surface area contributed by atoms with Crippen LogP contribution in [-0.2, 0) is 19.1 Å². The van der Waals surface area contributed by atoms with E-state index in [2.05, 4.69) is 9.97 Å². The highest BCUT2D eigenvalue weighted by molar-refractivity contribution is 5.78. The third-order valence-electron chi connectivity index (χ3n) is 5.14. The Bertz CT molecular complexity index is 719. The number of rotatable bonds is 4. The predicted octanol–water partition coefficient (Wildman–Crippen LogP) is 2.17. The molecule has 3 rings (SSSR count). The number of methoxy groups -OCH3 is 2. The van der Waals surface area contributed by atoms with Crippen molar-refractivity contribution < 1.29 is 19.1 Å². The lowest BCUT2D eigenvalue weighted by atomic mass is 9.76. The maximum atomic E-state index is 12.6. The minimum Gasteiger partial charge on any atom is -0.469 e. The summed E-state index contributed by atoms with van der Waals surface area (Å²) in [6.45, 7) is 0. The molecular formula is C20H23N3O4. The van der Waals surface area contributed by atoms with Gasteiger partial charge in [0.05, 0.1) is 49.5 Å². The van der Waals surface area contributed by atoms with Gasteiger partial charge in [-0.3, -0.25) is 24.5 Å². The van der Waals surface area contributed by atoms with Crippen LogP contribution in [0.15, 0.2) is 48.8 Å². The van der Waals surface area contributed by atoms with Crippen molar-refractivity contribution in [1.82, 2.24) is 14.9 Å². The van der Waals surface area contributed by atoms with E-state index in [9.17, 15) is 9.59 Å². The summed E-state index contributed by atoms with van der Waals surface area (Å²) in [7, 11) is 4.59. The number of piperidine rings is 1. The number of carbonyl (C=O) groups excluding carboxylic acids is 2. The van der Waals surface area contributed by atoms with Crippen LogP contribution in [0.25, 0.3) is 0 Å². The highest BCUT2D eigenvalue weighted by Crippen LogP contribution is 2.47. The number of esters is 2. The number of aromatic nitrogens is 2. The van der Waals surface area contributed by atoms with Gasteiger partial charge in [-0.25, -0.2) is 0 Å². The van der Waals surface area contributed by atoms with Gasteiger partial charge in [0.2, 0.25) is 0 Å². The van der Waals surface area contributed by atoms with E-state index in [0.717, 1.165) is 11.4 Å². The summed E-state index contributed by atoms with van der Waals surface area (Å²) in [5.74, 6) is -1.82. The zero-order chi connectivity index (χ0) is 19.4. The Kier molecular flexibility index (Phi) is 5.81. The van der Waals surface area contributed by atoms with Gasteiger partial charge < -0.3 is 9.47 Å². The van der Waals surface area contributed by atoms with Crippen molar-refractivity contribution in [3.8, 4) is 0 Å². The molecule has 0 radical (unpaired) electrons. The lowest BCUT2D eigenvalue weighted by Crippen LogP contribution is -2.49. The molecule has 0 amide bonds. The number of nitrogens with zero attached hydrogens (tertiary/aromatic N) is 3. The number of pyridine rings is 2. The first-order valence-electron chi connectivity index (χ1n) is 8.78. The van der Waals surface area contributed by atoms with Crippen LogP contribution in [0.1, 0.15) is 29.9 Å². The van der Waals surface area contributed by atoms with Crippen molar-refractivity contribution in [2.24, 2.45) is 11.8 Å². The maximum Gasteiger partial charge on any atom is 0.310 e. The summed E-state index contributed by atoms with van der Waals surface area (Å²) in [6, 6.07) is 10.5. The Labute approximate surface area is 158 Å². The summed E-state index contributed by atoms with van der Waals surface area (Å²) in [6.07, 6.45) is 3.69. The van der Waals surface area contributed by atoms with E-state index >= 15 is 0 Å². The van der Waals surface area contributed by atoms with Gasteiger partial charge >= 0.3 is 11.9 Å². The molecule has 4 unspecified atom stereocenters. The molecule has 7 nitrogen and oxygen atoms in total. The third-order valence-corrected chi connectivity index (χ3v) is 5.14. The molecule has 4 atom stereocenters. The fourth-order valence-corrected chi connectivity index (χ4v) is 3.96. The Morgan fingerprint density at radius 1 is 0.889 bits per heavy atom. The number of carbonyl (C=O) groups is 2. The van der Waals surface area contributed by atoms with E-state index in [1.807, 2.05) is 48.3 Å². The van der Waals surface area contributed by atoms with Crippen LogP contribution < -0.4 is 0 Å². The summed E-state index contributed by atoms with van der Waals surface area (Å²) in [5.41, 5.74) is 1.50. The first kappa shape index (κ1) is 19.0. The molecular weight excluding hydrogens is 346 g/mol. The van der Waals surface area contributed by atoms with Crippen molar-refractivity contribution in [2.75, 3.05) is 21.3 Å². The van der Waals surface area contributed by atoms with Gasteiger partial charge in [-0.2, -0.15) is 0 Å². The van der Waals surface area contributed by atoms with E-state index in [1.165, 1.54) is 14.2 Å². The minimum absolute atomic E-state index is 0.298. The SMILES string of the molecule is COC(=O)C1CC(C(=O)OC)C(c2ccccn2)N(C)C1c1ccccn1. The zero-order valence-electron chi connectivity index (χ0n) is 15.6. The third kappa shape index (κ3) is 3.68. The summed E-state index contributed by atoms with van der Waals surface area (Å²) >= 11 is 0. The molecule has 1 aliphatic rings. The van der Waals surface area contributed by atoms with Gasteiger partial charge in [0, 0.05) is 12.4 Å². The second kappa shape index (κ2) is 8.26. The topological polar surface area (TPSA) is 81.6 Å². The molecule has 0 aromatic carbocycles. The van der Waals surface area contributed by atoms with Crippen molar-refractivity contribution in [3.63, 3.8) is 0 Å². The van der Waals surface area contributed by atoms with Crippen LogP contribution in [0.3, 0.4) is 0 Å². The van der Waals surface area contributed by atoms with Crippen LogP contribution in [-0.4, -0.2) is 48.1 Å². The standard InChI is InChI=1S/C20H23N3O4/c1-23-17(15-8-4-6-10-21-15)13(19(24)26-2)12-14(20(25)27-3)18(23)16-9-5-7-11-22-16/h4-11,13-14,17-18H,12H2,1-3H3. The molecule has 0 N–H and O–H groups in total. The lowest BCUT2D eigenvalue weighted by molar-refractivity contribution is -0.161. The molecule has 1 aliphatic heterocycles. The van der Waals surface area contributed by atoms with Crippen LogP contribution in [0, 0.1) is 11.8 Å². The Morgan fingerprint density at radius 3 is 1.67 bits per heavy atom.